The first-order valence-corrected chi connectivity index (χ1v) is 8.89. The number of amides is 2. The number of nitrogens with one attached hydrogen (secondary N) is 1. The van der Waals surface area contributed by atoms with Crippen molar-refractivity contribution in [3.63, 3.8) is 0 Å². The molecule has 1 aliphatic rings. The van der Waals surface area contributed by atoms with Crippen molar-refractivity contribution in [2.45, 2.75) is 45.6 Å². The molecule has 1 saturated heterocycles. The molecule has 26 heavy (non-hydrogen) atoms. The first-order valence-electron chi connectivity index (χ1n) is 8.89. The van der Waals surface area contributed by atoms with E-state index < -0.39 is 5.97 Å². The van der Waals surface area contributed by atoms with Crippen LogP contribution in [0.4, 0.5) is 4.79 Å². The van der Waals surface area contributed by atoms with Crippen molar-refractivity contribution >= 4 is 18.0 Å². The van der Waals surface area contributed by atoms with Crippen molar-refractivity contribution < 1.29 is 24.2 Å². The molecule has 0 aliphatic carbocycles. The first kappa shape index (κ1) is 19.7. The van der Waals surface area contributed by atoms with E-state index in [1.54, 1.807) is 11.8 Å². The Morgan fingerprint density at radius 1 is 1.35 bits per heavy atom. The summed E-state index contributed by atoms with van der Waals surface area (Å²) in [6.07, 6.45) is 3.49. The lowest BCUT2D eigenvalue weighted by Crippen LogP contribution is -2.45. The topological polar surface area (TPSA) is 114 Å². The van der Waals surface area contributed by atoms with Gasteiger partial charge in [-0.25, -0.2) is 9.59 Å². The average Bonchev–Trinajstić information content (AvgIpc) is 3.00. The maximum absolute atomic E-state index is 12.1. The minimum Gasteiger partial charge on any atom is -0.481 e. The molecule has 0 atom stereocenters. The fourth-order valence-electron chi connectivity index (χ4n) is 3.06. The van der Waals surface area contributed by atoms with Crippen molar-refractivity contribution in [3.05, 3.63) is 17.5 Å². The Morgan fingerprint density at radius 2 is 2.04 bits per heavy atom. The lowest BCUT2D eigenvalue weighted by Gasteiger charge is -2.32. The number of nitrogens with zero attached hydrogens (tertiary/aromatic N) is 3. The van der Waals surface area contributed by atoms with Gasteiger partial charge in [-0.2, -0.15) is 5.10 Å². The number of aromatic nitrogens is 2. The maximum Gasteiger partial charge on any atom is 0.341 e. The molecule has 0 radical (unpaired) electrons. The first-order chi connectivity index (χ1) is 12.4. The number of urea groups is 1. The van der Waals surface area contributed by atoms with Gasteiger partial charge in [-0.1, -0.05) is 0 Å². The second kappa shape index (κ2) is 9.21. The highest BCUT2D eigenvalue weighted by atomic mass is 16.5. The molecular formula is C17H26N4O5. The van der Waals surface area contributed by atoms with E-state index in [2.05, 4.69) is 10.4 Å². The Balaban J connectivity index is 1.84. The number of carboxylic acids is 1. The standard InChI is InChI=1S/C17H26N4O5/c1-3-26-16(24)14-11-19-21(12(14)2)13-6-9-20(10-7-13)17(25)18-8-4-5-15(22)23/h11,13H,3-10H2,1-2H3,(H,18,25)(H,22,23). The van der Waals surface area contributed by atoms with Gasteiger partial charge in [0.2, 0.25) is 0 Å². The number of rotatable bonds is 7. The van der Waals surface area contributed by atoms with E-state index in [1.807, 2.05) is 11.6 Å². The summed E-state index contributed by atoms with van der Waals surface area (Å²) >= 11 is 0. The monoisotopic (exact) mass is 366 g/mol. The van der Waals surface area contributed by atoms with Gasteiger partial charge in [0.05, 0.1) is 24.5 Å². The maximum atomic E-state index is 12.1. The Labute approximate surface area is 152 Å². The second-order valence-electron chi connectivity index (χ2n) is 6.26. The van der Waals surface area contributed by atoms with E-state index in [1.165, 1.54) is 6.20 Å². The SMILES string of the molecule is CCOC(=O)c1cnn(C2CCN(C(=O)NCCCC(=O)O)CC2)c1C. The van der Waals surface area contributed by atoms with E-state index in [9.17, 15) is 14.4 Å². The zero-order valence-electron chi connectivity index (χ0n) is 15.2. The van der Waals surface area contributed by atoms with Crippen LogP contribution in [0.15, 0.2) is 6.20 Å². The van der Waals surface area contributed by atoms with Crippen molar-refractivity contribution in [1.82, 2.24) is 20.0 Å². The summed E-state index contributed by atoms with van der Waals surface area (Å²) in [5.74, 6) is -1.23. The summed E-state index contributed by atoms with van der Waals surface area (Å²) in [6, 6.07) is -0.0347. The van der Waals surface area contributed by atoms with Gasteiger partial charge >= 0.3 is 18.0 Å². The van der Waals surface area contributed by atoms with E-state index in [0.717, 1.165) is 18.5 Å². The number of aliphatic carboxylic acids is 1. The van der Waals surface area contributed by atoms with Crippen LogP contribution in [-0.2, 0) is 9.53 Å². The minimum absolute atomic E-state index is 0.0454. The van der Waals surface area contributed by atoms with Gasteiger partial charge in [0.15, 0.2) is 0 Å². The molecule has 9 heteroatoms. The van der Waals surface area contributed by atoms with Crippen LogP contribution in [0, 0.1) is 6.92 Å². The minimum atomic E-state index is -0.864. The van der Waals surface area contributed by atoms with Crippen LogP contribution >= 0.6 is 0 Å². The highest BCUT2D eigenvalue weighted by molar-refractivity contribution is 5.90. The Hall–Kier alpha value is -2.58. The Kier molecular flexibility index (Phi) is 6.99. The van der Waals surface area contributed by atoms with Gasteiger partial charge < -0.3 is 20.1 Å². The molecule has 1 fully saturated rings. The van der Waals surface area contributed by atoms with Crippen molar-refractivity contribution in [2.24, 2.45) is 0 Å². The average molecular weight is 366 g/mol. The zero-order valence-corrected chi connectivity index (χ0v) is 15.2. The van der Waals surface area contributed by atoms with E-state index in [0.29, 0.717) is 38.2 Å². The van der Waals surface area contributed by atoms with Crippen LogP contribution < -0.4 is 5.32 Å². The zero-order chi connectivity index (χ0) is 19.1. The number of carboxylic acid groups (broad SMARTS) is 1. The number of hydrogen-bond acceptors (Lipinski definition) is 5. The fourth-order valence-corrected chi connectivity index (χ4v) is 3.06. The van der Waals surface area contributed by atoms with Gasteiger partial charge in [0.1, 0.15) is 5.56 Å². The molecule has 0 spiro atoms. The number of piperidine rings is 1. The predicted octanol–water partition coefficient (Wildman–Crippen LogP) is 1.58. The van der Waals surface area contributed by atoms with Crippen molar-refractivity contribution in [1.29, 1.82) is 0 Å². The third-order valence-electron chi connectivity index (χ3n) is 4.48. The quantitative estimate of drug-likeness (QED) is 0.559. The third-order valence-corrected chi connectivity index (χ3v) is 4.48. The molecule has 144 valence electrons. The summed E-state index contributed by atoms with van der Waals surface area (Å²) in [5, 5.41) is 15.7. The Bertz CT molecular complexity index is 650. The highest BCUT2D eigenvalue weighted by Crippen LogP contribution is 2.24. The molecule has 1 aromatic rings. The number of likely N-dealkylation sites (tertiary alicyclic amines) is 1. The Morgan fingerprint density at radius 3 is 2.65 bits per heavy atom. The molecule has 2 amide bonds. The highest BCUT2D eigenvalue weighted by Gasteiger charge is 2.26. The van der Waals surface area contributed by atoms with Gasteiger partial charge in [-0.15, -0.1) is 0 Å². The molecule has 2 heterocycles. The van der Waals surface area contributed by atoms with Crippen LogP contribution in [0.5, 0.6) is 0 Å². The fraction of sp³-hybridized carbons (Fsp3) is 0.647. The normalized spacial score (nSPS) is 14.9. The second-order valence-corrected chi connectivity index (χ2v) is 6.26. The van der Waals surface area contributed by atoms with Crippen LogP contribution in [-0.4, -0.2) is 64.0 Å². The number of carbonyl (C=O) groups excluding carboxylic acids is 2. The van der Waals surface area contributed by atoms with Crippen molar-refractivity contribution in [3.8, 4) is 0 Å². The lowest BCUT2D eigenvalue weighted by atomic mass is 10.1. The molecule has 1 aliphatic heterocycles. The molecule has 1 aromatic heterocycles. The molecule has 0 aromatic carbocycles. The van der Waals surface area contributed by atoms with Gasteiger partial charge in [0, 0.05) is 26.1 Å². The molecule has 2 rings (SSSR count). The number of hydrogen-bond donors (Lipinski definition) is 2. The van der Waals surface area contributed by atoms with Crippen LogP contribution in [0.1, 0.15) is 54.7 Å². The van der Waals surface area contributed by atoms with Gasteiger partial charge in [0.25, 0.3) is 0 Å². The van der Waals surface area contributed by atoms with Gasteiger partial charge in [-0.3, -0.25) is 9.48 Å². The number of carbonyl (C=O) groups is 3. The molecule has 2 N–H and O–H groups in total. The summed E-state index contributed by atoms with van der Waals surface area (Å²) in [4.78, 5) is 36.2. The summed E-state index contributed by atoms with van der Waals surface area (Å²) in [7, 11) is 0. The predicted molar refractivity (Wildman–Crippen MR) is 93.0 cm³/mol. The number of esters is 1. The molecular weight excluding hydrogens is 340 g/mol. The molecule has 9 nitrogen and oxygen atoms in total. The lowest BCUT2D eigenvalue weighted by molar-refractivity contribution is -0.137. The summed E-state index contributed by atoms with van der Waals surface area (Å²) in [6.45, 7) is 5.46. The van der Waals surface area contributed by atoms with Crippen LogP contribution in [0.2, 0.25) is 0 Å². The van der Waals surface area contributed by atoms with Crippen LogP contribution in [0.3, 0.4) is 0 Å². The molecule has 0 unspecified atom stereocenters. The van der Waals surface area contributed by atoms with Crippen LogP contribution in [0.25, 0.3) is 0 Å². The summed E-state index contributed by atoms with van der Waals surface area (Å²) in [5.41, 5.74) is 1.26. The third kappa shape index (κ3) is 4.96. The van der Waals surface area contributed by atoms with E-state index in [-0.39, 0.29) is 24.5 Å². The van der Waals surface area contributed by atoms with Crippen molar-refractivity contribution in [2.75, 3.05) is 26.2 Å². The largest absolute Gasteiger partial charge is 0.481 e. The molecule has 0 bridgehead atoms. The van der Waals surface area contributed by atoms with E-state index >= 15 is 0 Å². The van der Waals surface area contributed by atoms with Gasteiger partial charge in [-0.05, 0) is 33.1 Å². The summed E-state index contributed by atoms with van der Waals surface area (Å²) < 4.78 is 6.87. The smallest absolute Gasteiger partial charge is 0.341 e. The number of ether oxygens (including phenoxy) is 1. The van der Waals surface area contributed by atoms with E-state index in [4.69, 9.17) is 9.84 Å². The molecule has 0 saturated carbocycles.